The molecule has 1 N–H and O–H groups in total. The summed E-state index contributed by atoms with van der Waals surface area (Å²) in [5.41, 5.74) is 4.36. The van der Waals surface area contributed by atoms with Gasteiger partial charge in [0.25, 0.3) is 10.0 Å². The third-order valence-corrected chi connectivity index (χ3v) is 8.24. The number of phenolic OH excluding ortho intramolecular Hbond substituents is 1. The molecular formula is C32H24N2O4S. The summed E-state index contributed by atoms with van der Waals surface area (Å²) in [5.74, 6) is 0.811. The second-order valence-corrected chi connectivity index (χ2v) is 10.9. The van der Waals surface area contributed by atoms with Crippen LogP contribution >= 0.6 is 0 Å². The first kappa shape index (κ1) is 24.5. The average molecular weight is 533 g/mol. The van der Waals surface area contributed by atoms with Crippen molar-refractivity contribution in [1.29, 1.82) is 0 Å². The minimum atomic E-state index is -3.94. The van der Waals surface area contributed by atoms with Crippen molar-refractivity contribution < 1.29 is 18.3 Å². The van der Waals surface area contributed by atoms with Crippen molar-refractivity contribution in [3.63, 3.8) is 0 Å². The minimum absolute atomic E-state index is 0.169. The fourth-order valence-corrected chi connectivity index (χ4v) is 6.10. The molecule has 0 saturated heterocycles. The Balaban J connectivity index is 1.48. The summed E-state index contributed by atoms with van der Waals surface area (Å²) >= 11 is 0. The Morgan fingerprint density at radius 1 is 0.718 bits per heavy atom. The lowest BCUT2D eigenvalue weighted by atomic mass is 10.0. The first-order chi connectivity index (χ1) is 19.0. The molecule has 6 rings (SSSR count). The van der Waals surface area contributed by atoms with Gasteiger partial charge in [0, 0.05) is 28.9 Å². The van der Waals surface area contributed by atoms with E-state index in [-0.39, 0.29) is 10.6 Å². The second kappa shape index (κ2) is 10.1. The summed E-state index contributed by atoms with van der Waals surface area (Å²) in [6, 6.07) is 34.2. The molecule has 2 heterocycles. The van der Waals surface area contributed by atoms with Crippen LogP contribution in [0.25, 0.3) is 33.3 Å². The SMILES string of the molecule is O=S(=O)(c1ccccc1)n1c(-c2cncc(-c3ccc(O)cc3)c2)cc2cc(OCc3ccccc3)ccc21. The van der Waals surface area contributed by atoms with E-state index < -0.39 is 10.0 Å². The van der Waals surface area contributed by atoms with E-state index in [2.05, 4.69) is 4.98 Å². The van der Waals surface area contributed by atoms with Crippen LogP contribution in [0.3, 0.4) is 0 Å². The molecule has 6 aromatic rings. The molecule has 0 aliphatic carbocycles. The fourth-order valence-electron chi connectivity index (χ4n) is 4.55. The molecule has 192 valence electrons. The zero-order valence-electron chi connectivity index (χ0n) is 20.8. The van der Waals surface area contributed by atoms with E-state index in [4.69, 9.17) is 4.74 Å². The summed E-state index contributed by atoms with van der Waals surface area (Å²) in [5, 5.41) is 10.4. The summed E-state index contributed by atoms with van der Waals surface area (Å²) in [6.45, 7) is 0.404. The lowest BCUT2D eigenvalue weighted by Gasteiger charge is -2.13. The second-order valence-electron chi connectivity index (χ2n) is 9.12. The zero-order valence-corrected chi connectivity index (χ0v) is 21.6. The van der Waals surface area contributed by atoms with Gasteiger partial charge >= 0.3 is 0 Å². The van der Waals surface area contributed by atoms with Gasteiger partial charge in [-0.3, -0.25) is 4.98 Å². The highest BCUT2D eigenvalue weighted by atomic mass is 32.2. The summed E-state index contributed by atoms with van der Waals surface area (Å²) in [6.07, 6.45) is 3.37. The minimum Gasteiger partial charge on any atom is -0.508 e. The van der Waals surface area contributed by atoms with Crippen LogP contribution in [0.5, 0.6) is 11.5 Å². The standard InChI is InChI=1S/C32H24N2O4S/c35-28-13-11-24(12-14-28)26-17-27(21-33-20-26)32-19-25-18-29(38-22-23-7-3-1-4-8-23)15-16-31(25)34(32)39(36,37)30-9-5-2-6-10-30/h1-21,35H,22H2. The molecule has 2 aromatic heterocycles. The van der Waals surface area contributed by atoms with Gasteiger partial charge < -0.3 is 9.84 Å². The largest absolute Gasteiger partial charge is 0.508 e. The van der Waals surface area contributed by atoms with Gasteiger partial charge in [0.1, 0.15) is 18.1 Å². The van der Waals surface area contributed by atoms with E-state index in [1.54, 1.807) is 79.1 Å². The van der Waals surface area contributed by atoms with Crippen molar-refractivity contribution in [2.75, 3.05) is 0 Å². The monoisotopic (exact) mass is 532 g/mol. The zero-order chi connectivity index (χ0) is 26.8. The Hall–Kier alpha value is -4.88. The van der Waals surface area contributed by atoms with E-state index in [1.165, 1.54) is 3.97 Å². The number of aromatic hydroxyl groups is 1. The van der Waals surface area contributed by atoms with Gasteiger partial charge in [-0.1, -0.05) is 60.7 Å². The average Bonchev–Trinajstić information content (AvgIpc) is 3.37. The van der Waals surface area contributed by atoms with Crippen LogP contribution in [-0.4, -0.2) is 22.5 Å². The van der Waals surface area contributed by atoms with Crippen molar-refractivity contribution in [1.82, 2.24) is 8.96 Å². The van der Waals surface area contributed by atoms with Crippen molar-refractivity contribution in [3.05, 3.63) is 133 Å². The van der Waals surface area contributed by atoms with E-state index >= 15 is 0 Å². The number of aromatic nitrogens is 2. The van der Waals surface area contributed by atoms with Crippen LogP contribution < -0.4 is 4.74 Å². The smallest absolute Gasteiger partial charge is 0.268 e. The third-order valence-electron chi connectivity index (χ3n) is 6.49. The van der Waals surface area contributed by atoms with E-state index in [0.717, 1.165) is 22.1 Å². The quantitative estimate of drug-likeness (QED) is 0.242. The number of phenols is 1. The van der Waals surface area contributed by atoms with Gasteiger partial charge in [0.15, 0.2) is 0 Å². The van der Waals surface area contributed by atoms with Gasteiger partial charge in [-0.2, -0.15) is 0 Å². The van der Waals surface area contributed by atoms with Crippen LogP contribution in [0, 0.1) is 0 Å². The number of hydrogen-bond donors (Lipinski definition) is 1. The number of hydrogen-bond acceptors (Lipinski definition) is 5. The predicted octanol–water partition coefficient (Wildman–Crippen LogP) is 6.89. The highest BCUT2D eigenvalue weighted by Crippen LogP contribution is 2.35. The molecule has 0 unspecified atom stereocenters. The summed E-state index contributed by atoms with van der Waals surface area (Å²) < 4.78 is 35.3. The van der Waals surface area contributed by atoms with Crippen LogP contribution in [0.4, 0.5) is 0 Å². The fraction of sp³-hybridized carbons (Fsp3) is 0.0312. The topological polar surface area (TPSA) is 81.4 Å². The van der Waals surface area contributed by atoms with Crippen molar-refractivity contribution in [2.45, 2.75) is 11.5 Å². The lowest BCUT2D eigenvalue weighted by Crippen LogP contribution is -2.14. The number of ether oxygens (including phenoxy) is 1. The molecule has 7 heteroatoms. The molecule has 0 saturated carbocycles. The van der Waals surface area contributed by atoms with Crippen molar-refractivity contribution >= 4 is 20.9 Å². The molecule has 0 bridgehead atoms. The molecule has 0 aliphatic rings. The molecule has 0 atom stereocenters. The highest BCUT2D eigenvalue weighted by molar-refractivity contribution is 7.90. The summed E-state index contributed by atoms with van der Waals surface area (Å²) in [4.78, 5) is 4.60. The van der Waals surface area contributed by atoms with Crippen LogP contribution in [0.2, 0.25) is 0 Å². The number of pyridine rings is 1. The van der Waals surface area contributed by atoms with E-state index in [0.29, 0.717) is 29.1 Å². The maximum absolute atomic E-state index is 14.0. The number of fused-ring (bicyclic) bond motifs is 1. The molecule has 0 aliphatic heterocycles. The molecule has 0 spiro atoms. The van der Waals surface area contributed by atoms with Crippen molar-refractivity contribution in [2.24, 2.45) is 0 Å². The Labute approximate surface area is 226 Å². The van der Waals surface area contributed by atoms with Crippen LogP contribution in [-0.2, 0) is 16.6 Å². The Kier molecular flexibility index (Phi) is 6.34. The number of rotatable bonds is 7. The first-order valence-corrected chi connectivity index (χ1v) is 13.8. The lowest BCUT2D eigenvalue weighted by molar-refractivity contribution is 0.306. The normalized spacial score (nSPS) is 11.5. The molecule has 6 nitrogen and oxygen atoms in total. The highest BCUT2D eigenvalue weighted by Gasteiger charge is 2.24. The maximum Gasteiger partial charge on any atom is 0.268 e. The van der Waals surface area contributed by atoms with Crippen LogP contribution in [0.1, 0.15) is 5.56 Å². The predicted molar refractivity (Wildman–Crippen MR) is 152 cm³/mol. The van der Waals surface area contributed by atoms with Gasteiger partial charge in [-0.05, 0) is 65.7 Å². The van der Waals surface area contributed by atoms with Crippen molar-refractivity contribution in [3.8, 4) is 33.9 Å². The maximum atomic E-state index is 14.0. The number of nitrogens with zero attached hydrogens (tertiary/aromatic N) is 2. The molecule has 39 heavy (non-hydrogen) atoms. The Morgan fingerprint density at radius 3 is 2.15 bits per heavy atom. The number of benzene rings is 4. The Morgan fingerprint density at radius 2 is 1.41 bits per heavy atom. The summed E-state index contributed by atoms with van der Waals surface area (Å²) in [7, 11) is -3.94. The molecule has 4 aromatic carbocycles. The van der Waals surface area contributed by atoms with Crippen LogP contribution in [0.15, 0.2) is 133 Å². The molecule has 0 amide bonds. The third kappa shape index (κ3) is 4.87. The van der Waals surface area contributed by atoms with E-state index in [9.17, 15) is 13.5 Å². The molecule has 0 radical (unpaired) electrons. The molecule has 0 fully saturated rings. The molecular weight excluding hydrogens is 508 g/mol. The first-order valence-electron chi connectivity index (χ1n) is 12.4. The Bertz CT molecular complexity index is 1870. The van der Waals surface area contributed by atoms with Gasteiger partial charge in [-0.25, -0.2) is 12.4 Å². The van der Waals surface area contributed by atoms with Gasteiger partial charge in [0.2, 0.25) is 0 Å². The van der Waals surface area contributed by atoms with E-state index in [1.807, 2.05) is 48.5 Å². The van der Waals surface area contributed by atoms with Gasteiger partial charge in [0.05, 0.1) is 16.1 Å². The van der Waals surface area contributed by atoms with Gasteiger partial charge in [-0.15, -0.1) is 0 Å².